The smallest absolute Gasteiger partial charge is 0.311 e. The number of hydrogen-bond acceptors (Lipinski definition) is 5. The molecule has 0 saturated carbocycles. The van der Waals surface area contributed by atoms with Crippen LogP contribution >= 0.6 is 0 Å². The van der Waals surface area contributed by atoms with Crippen LogP contribution in [0.5, 0.6) is 5.75 Å². The predicted molar refractivity (Wildman–Crippen MR) is 123 cm³/mol. The van der Waals surface area contributed by atoms with Gasteiger partial charge in [-0.2, -0.15) is 0 Å². The summed E-state index contributed by atoms with van der Waals surface area (Å²) in [4.78, 5) is 39.1. The van der Waals surface area contributed by atoms with Gasteiger partial charge in [0, 0.05) is 24.3 Å². The van der Waals surface area contributed by atoms with E-state index < -0.39 is 24.4 Å². The molecule has 1 aliphatic heterocycles. The number of benzene rings is 2. The molecule has 32 heavy (non-hydrogen) atoms. The lowest BCUT2D eigenvalue weighted by atomic mass is 10.0. The van der Waals surface area contributed by atoms with Crippen LogP contribution in [0.1, 0.15) is 38.3 Å². The molecule has 170 valence electrons. The van der Waals surface area contributed by atoms with Gasteiger partial charge in [0.15, 0.2) is 6.61 Å². The molecule has 0 spiro atoms. The van der Waals surface area contributed by atoms with E-state index in [1.165, 1.54) is 0 Å². The number of hydrogen-bond donors (Lipinski definition) is 1. The second kappa shape index (κ2) is 10.8. The Balaban J connectivity index is 1.56. The van der Waals surface area contributed by atoms with Crippen molar-refractivity contribution in [1.82, 2.24) is 0 Å². The predicted octanol–water partition coefficient (Wildman–Crippen LogP) is 3.74. The van der Waals surface area contributed by atoms with E-state index in [2.05, 4.69) is 5.32 Å². The number of ether oxygens (including phenoxy) is 2. The normalized spacial score (nSPS) is 15.5. The van der Waals surface area contributed by atoms with E-state index in [9.17, 15) is 14.4 Å². The van der Waals surface area contributed by atoms with E-state index in [1.807, 2.05) is 39.0 Å². The standard InChI is InChI=1S/C25H30N2O5/c1-4-17-8-7-9-18(5-2)24(17)27-15-19(14-23(27)29)25(30)32-16-22(28)26-20-10-12-21(13-11-20)31-6-3/h7-13,19H,4-6,14-16H2,1-3H3,(H,26,28)/t19-/m1/s1. The van der Waals surface area contributed by atoms with Crippen LogP contribution in [0.25, 0.3) is 0 Å². The van der Waals surface area contributed by atoms with Gasteiger partial charge in [-0.05, 0) is 55.2 Å². The van der Waals surface area contributed by atoms with Gasteiger partial charge in [-0.15, -0.1) is 0 Å². The molecule has 0 bridgehead atoms. The first-order valence-electron chi connectivity index (χ1n) is 11.1. The molecule has 7 heteroatoms. The summed E-state index contributed by atoms with van der Waals surface area (Å²) >= 11 is 0. The van der Waals surface area contributed by atoms with Crippen LogP contribution in [0.4, 0.5) is 11.4 Å². The summed E-state index contributed by atoms with van der Waals surface area (Å²) in [5, 5.41) is 2.68. The summed E-state index contributed by atoms with van der Waals surface area (Å²) in [7, 11) is 0. The highest BCUT2D eigenvalue weighted by Crippen LogP contribution is 2.32. The zero-order valence-electron chi connectivity index (χ0n) is 18.8. The van der Waals surface area contributed by atoms with Crippen molar-refractivity contribution in [3.05, 3.63) is 53.6 Å². The van der Waals surface area contributed by atoms with Crippen LogP contribution in [0.3, 0.4) is 0 Å². The average molecular weight is 439 g/mol. The third-order valence-corrected chi connectivity index (χ3v) is 5.49. The molecule has 1 N–H and O–H groups in total. The van der Waals surface area contributed by atoms with E-state index in [0.717, 1.165) is 29.7 Å². The number of carbonyl (C=O) groups excluding carboxylic acids is 3. The number of amides is 2. The van der Waals surface area contributed by atoms with E-state index >= 15 is 0 Å². The van der Waals surface area contributed by atoms with Crippen molar-refractivity contribution in [1.29, 1.82) is 0 Å². The Morgan fingerprint density at radius 2 is 1.69 bits per heavy atom. The van der Waals surface area contributed by atoms with E-state index in [1.54, 1.807) is 29.2 Å². The van der Waals surface area contributed by atoms with E-state index in [4.69, 9.17) is 9.47 Å². The van der Waals surface area contributed by atoms with Gasteiger partial charge in [0.25, 0.3) is 5.91 Å². The van der Waals surface area contributed by atoms with Gasteiger partial charge in [0.2, 0.25) is 5.91 Å². The number of aryl methyl sites for hydroxylation is 2. The molecule has 1 atom stereocenters. The van der Waals surface area contributed by atoms with Crippen molar-refractivity contribution in [2.24, 2.45) is 5.92 Å². The Hall–Kier alpha value is -3.35. The van der Waals surface area contributed by atoms with E-state index in [-0.39, 0.29) is 18.9 Å². The number of anilines is 2. The van der Waals surface area contributed by atoms with Crippen molar-refractivity contribution in [2.45, 2.75) is 40.0 Å². The van der Waals surface area contributed by atoms with Gasteiger partial charge < -0.3 is 19.7 Å². The first kappa shape index (κ1) is 23.3. The third-order valence-electron chi connectivity index (χ3n) is 5.49. The van der Waals surface area contributed by atoms with Crippen molar-refractivity contribution < 1.29 is 23.9 Å². The van der Waals surface area contributed by atoms with Crippen molar-refractivity contribution in [2.75, 3.05) is 30.0 Å². The number of rotatable bonds is 9. The number of carbonyl (C=O) groups is 3. The molecule has 0 aliphatic carbocycles. The van der Waals surface area contributed by atoms with Crippen LogP contribution in [0.15, 0.2) is 42.5 Å². The molecular formula is C25H30N2O5. The fourth-order valence-electron chi connectivity index (χ4n) is 3.90. The second-order valence-electron chi connectivity index (χ2n) is 7.65. The fourth-order valence-corrected chi connectivity index (χ4v) is 3.90. The van der Waals surface area contributed by atoms with Gasteiger partial charge in [0.05, 0.1) is 12.5 Å². The highest BCUT2D eigenvalue weighted by Gasteiger charge is 2.37. The van der Waals surface area contributed by atoms with Crippen LogP contribution in [0, 0.1) is 5.92 Å². The maximum absolute atomic E-state index is 12.7. The van der Waals surface area contributed by atoms with Gasteiger partial charge in [-0.1, -0.05) is 32.0 Å². The molecule has 7 nitrogen and oxygen atoms in total. The molecule has 2 aromatic carbocycles. The van der Waals surface area contributed by atoms with Gasteiger partial charge in [-0.3, -0.25) is 14.4 Å². The minimum absolute atomic E-state index is 0.0839. The summed E-state index contributed by atoms with van der Waals surface area (Å²) in [5.74, 6) is -0.942. The molecule has 1 fully saturated rings. The van der Waals surface area contributed by atoms with Crippen molar-refractivity contribution >= 4 is 29.2 Å². The SMILES string of the molecule is CCOc1ccc(NC(=O)COC(=O)[C@@H]2CC(=O)N(c3c(CC)cccc3CC)C2)cc1. The zero-order chi connectivity index (χ0) is 23.1. The largest absolute Gasteiger partial charge is 0.494 e. The highest BCUT2D eigenvalue weighted by atomic mass is 16.5. The Bertz CT molecular complexity index is 949. The maximum Gasteiger partial charge on any atom is 0.311 e. The van der Waals surface area contributed by atoms with Crippen LogP contribution in [-0.2, 0) is 32.0 Å². The molecule has 1 saturated heterocycles. The van der Waals surface area contributed by atoms with Crippen LogP contribution in [-0.4, -0.2) is 37.5 Å². The van der Waals surface area contributed by atoms with E-state index in [0.29, 0.717) is 18.0 Å². The third kappa shape index (κ3) is 5.46. The lowest BCUT2D eigenvalue weighted by Gasteiger charge is -2.23. The summed E-state index contributed by atoms with van der Waals surface area (Å²) in [6.45, 7) is 6.42. The molecule has 3 rings (SSSR count). The Morgan fingerprint density at radius 1 is 1.03 bits per heavy atom. The molecule has 1 aliphatic rings. The summed E-state index contributed by atoms with van der Waals surface area (Å²) < 4.78 is 10.6. The van der Waals surface area contributed by atoms with Crippen LogP contribution in [0.2, 0.25) is 0 Å². The molecule has 1 heterocycles. The monoisotopic (exact) mass is 438 g/mol. The highest BCUT2D eigenvalue weighted by molar-refractivity contribution is 6.01. The second-order valence-corrected chi connectivity index (χ2v) is 7.65. The number of esters is 1. The molecule has 0 radical (unpaired) electrons. The first-order valence-corrected chi connectivity index (χ1v) is 11.1. The van der Waals surface area contributed by atoms with Gasteiger partial charge in [-0.25, -0.2) is 0 Å². The molecule has 2 amide bonds. The molecule has 0 aromatic heterocycles. The number of para-hydroxylation sites is 1. The van der Waals surface area contributed by atoms with Crippen molar-refractivity contribution in [3.63, 3.8) is 0 Å². The Labute approximate surface area is 188 Å². The maximum atomic E-state index is 12.7. The molecular weight excluding hydrogens is 408 g/mol. The van der Waals surface area contributed by atoms with Crippen LogP contribution < -0.4 is 15.0 Å². The molecule has 2 aromatic rings. The Kier molecular flexibility index (Phi) is 7.87. The number of nitrogens with one attached hydrogen (secondary N) is 1. The van der Waals surface area contributed by atoms with Crippen molar-refractivity contribution in [3.8, 4) is 5.75 Å². The lowest BCUT2D eigenvalue weighted by Crippen LogP contribution is -2.29. The molecule has 0 unspecified atom stereocenters. The first-order chi connectivity index (χ1) is 15.5. The lowest BCUT2D eigenvalue weighted by molar-refractivity contribution is -0.151. The van der Waals surface area contributed by atoms with Gasteiger partial charge >= 0.3 is 5.97 Å². The average Bonchev–Trinajstić information content (AvgIpc) is 3.19. The Morgan fingerprint density at radius 3 is 2.28 bits per heavy atom. The fraction of sp³-hybridized carbons (Fsp3) is 0.400. The minimum atomic E-state index is -0.588. The topological polar surface area (TPSA) is 84.9 Å². The summed E-state index contributed by atoms with van der Waals surface area (Å²) in [6.07, 6.45) is 1.68. The minimum Gasteiger partial charge on any atom is -0.494 e. The quantitative estimate of drug-likeness (QED) is 0.603. The zero-order valence-corrected chi connectivity index (χ0v) is 18.8. The van der Waals surface area contributed by atoms with Gasteiger partial charge in [0.1, 0.15) is 5.75 Å². The number of nitrogens with zero attached hydrogens (tertiary/aromatic N) is 1. The summed E-state index contributed by atoms with van der Waals surface area (Å²) in [5.41, 5.74) is 3.66. The summed E-state index contributed by atoms with van der Waals surface area (Å²) in [6, 6.07) is 13.0.